The van der Waals surface area contributed by atoms with Crippen LogP contribution in [0.25, 0.3) is 0 Å². The van der Waals surface area contributed by atoms with Gasteiger partial charge in [-0.2, -0.15) is 0 Å². The summed E-state index contributed by atoms with van der Waals surface area (Å²) in [5.41, 5.74) is 1.15. The monoisotopic (exact) mass is 282 g/mol. The molecule has 1 atom stereocenters. The van der Waals surface area contributed by atoms with Crippen molar-refractivity contribution in [2.24, 2.45) is 10.4 Å². The van der Waals surface area contributed by atoms with Gasteiger partial charge in [0.05, 0.1) is 16.8 Å². The molecule has 0 radical (unpaired) electrons. The molecule has 0 saturated heterocycles. The van der Waals surface area contributed by atoms with Gasteiger partial charge in [0.2, 0.25) is 0 Å². The standard InChI is InChI=1S/C14H19ClN2S/c1-14(2,3)12-8-9-18-13(17-12)16-11-7-5-4-6-10(11)15/h4-7,12H,8-9H2,1-3H3,(H,16,17). The van der Waals surface area contributed by atoms with Gasteiger partial charge >= 0.3 is 0 Å². The van der Waals surface area contributed by atoms with E-state index in [0.717, 1.165) is 28.1 Å². The van der Waals surface area contributed by atoms with E-state index in [4.69, 9.17) is 16.6 Å². The van der Waals surface area contributed by atoms with E-state index in [1.54, 1.807) is 11.8 Å². The van der Waals surface area contributed by atoms with Gasteiger partial charge in [-0.3, -0.25) is 4.99 Å². The maximum absolute atomic E-state index is 6.14. The lowest BCUT2D eigenvalue weighted by molar-refractivity contribution is 0.316. The Labute approximate surface area is 118 Å². The molecule has 0 saturated carbocycles. The molecular weight excluding hydrogens is 264 g/mol. The molecule has 0 aromatic heterocycles. The molecule has 98 valence electrons. The van der Waals surface area contributed by atoms with Crippen molar-refractivity contribution in [3.8, 4) is 0 Å². The Kier molecular flexibility index (Phi) is 4.23. The van der Waals surface area contributed by atoms with E-state index in [9.17, 15) is 0 Å². The molecule has 1 aliphatic rings. The third kappa shape index (κ3) is 3.42. The largest absolute Gasteiger partial charge is 0.334 e. The molecule has 1 heterocycles. The number of anilines is 1. The van der Waals surface area contributed by atoms with Gasteiger partial charge in [0, 0.05) is 5.75 Å². The Morgan fingerprint density at radius 3 is 2.72 bits per heavy atom. The number of nitrogens with one attached hydrogen (secondary N) is 1. The zero-order valence-electron chi connectivity index (χ0n) is 11.0. The van der Waals surface area contributed by atoms with E-state index >= 15 is 0 Å². The van der Waals surface area contributed by atoms with Crippen LogP contribution in [0, 0.1) is 5.41 Å². The normalized spacial score (nSPS) is 20.4. The van der Waals surface area contributed by atoms with Gasteiger partial charge in [-0.1, -0.05) is 56.3 Å². The number of para-hydroxylation sites is 1. The third-order valence-corrected chi connectivity index (χ3v) is 4.27. The lowest BCUT2D eigenvalue weighted by Gasteiger charge is -2.31. The fraction of sp³-hybridized carbons (Fsp3) is 0.500. The number of amidine groups is 1. The van der Waals surface area contributed by atoms with Crippen molar-refractivity contribution < 1.29 is 0 Å². The SMILES string of the molecule is CC(C)(C)C1CCSC(Nc2ccccc2Cl)=N1. The minimum Gasteiger partial charge on any atom is -0.334 e. The van der Waals surface area contributed by atoms with Crippen LogP contribution in [-0.4, -0.2) is 17.0 Å². The van der Waals surface area contributed by atoms with Crippen LogP contribution in [0.1, 0.15) is 27.2 Å². The molecule has 0 fully saturated rings. The summed E-state index contributed by atoms with van der Waals surface area (Å²) in [6.07, 6.45) is 1.14. The fourth-order valence-corrected chi connectivity index (χ4v) is 2.98. The first-order chi connectivity index (χ1) is 8.47. The van der Waals surface area contributed by atoms with Gasteiger partial charge in [-0.15, -0.1) is 0 Å². The third-order valence-electron chi connectivity index (χ3n) is 3.02. The Bertz CT molecular complexity index is 451. The topological polar surface area (TPSA) is 24.4 Å². The van der Waals surface area contributed by atoms with Crippen molar-refractivity contribution in [1.82, 2.24) is 0 Å². The average molecular weight is 283 g/mol. The average Bonchev–Trinajstić information content (AvgIpc) is 2.31. The lowest BCUT2D eigenvalue weighted by Crippen LogP contribution is -2.30. The molecule has 1 unspecified atom stereocenters. The van der Waals surface area contributed by atoms with Gasteiger partial charge in [0.25, 0.3) is 0 Å². The molecular formula is C14H19ClN2S. The molecule has 1 aromatic carbocycles. The molecule has 2 rings (SSSR count). The molecule has 0 amide bonds. The van der Waals surface area contributed by atoms with Crippen molar-refractivity contribution in [1.29, 1.82) is 0 Å². The van der Waals surface area contributed by atoms with E-state index in [0.29, 0.717) is 6.04 Å². The van der Waals surface area contributed by atoms with E-state index in [-0.39, 0.29) is 5.41 Å². The summed E-state index contributed by atoms with van der Waals surface area (Å²) in [7, 11) is 0. The van der Waals surface area contributed by atoms with Crippen LogP contribution < -0.4 is 5.32 Å². The van der Waals surface area contributed by atoms with E-state index in [2.05, 4.69) is 26.1 Å². The highest BCUT2D eigenvalue weighted by atomic mass is 35.5. The van der Waals surface area contributed by atoms with Crippen LogP contribution >= 0.6 is 23.4 Å². The van der Waals surface area contributed by atoms with Crippen molar-refractivity contribution >= 4 is 34.2 Å². The summed E-state index contributed by atoms with van der Waals surface area (Å²) >= 11 is 7.91. The predicted octanol–water partition coefficient (Wildman–Crippen LogP) is 4.66. The Balaban J connectivity index is 2.14. The Hall–Kier alpha value is -0.670. The second-order valence-electron chi connectivity index (χ2n) is 5.56. The number of halogens is 1. The molecule has 4 heteroatoms. The first kappa shape index (κ1) is 13.8. The number of nitrogens with zero attached hydrogens (tertiary/aromatic N) is 1. The summed E-state index contributed by atoms with van der Waals surface area (Å²) in [5, 5.41) is 5.05. The Morgan fingerprint density at radius 2 is 2.06 bits per heavy atom. The van der Waals surface area contributed by atoms with Crippen LogP contribution in [0.15, 0.2) is 29.3 Å². The lowest BCUT2D eigenvalue weighted by atomic mass is 9.85. The van der Waals surface area contributed by atoms with E-state index in [1.165, 1.54) is 0 Å². The van der Waals surface area contributed by atoms with Gasteiger partial charge in [0.15, 0.2) is 5.17 Å². The van der Waals surface area contributed by atoms with Crippen LogP contribution in [-0.2, 0) is 0 Å². The van der Waals surface area contributed by atoms with Crippen molar-refractivity contribution in [3.05, 3.63) is 29.3 Å². The number of rotatable bonds is 1. The summed E-state index contributed by atoms with van der Waals surface area (Å²) in [4.78, 5) is 4.80. The molecule has 2 nitrogen and oxygen atoms in total. The molecule has 0 spiro atoms. The van der Waals surface area contributed by atoms with E-state index in [1.807, 2.05) is 24.3 Å². The number of hydrogen-bond donors (Lipinski definition) is 1. The number of thioether (sulfide) groups is 1. The highest BCUT2D eigenvalue weighted by Gasteiger charge is 2.27. The number of aliphatic imine (C=N–C) groups is 1. The highest BCUT2D eigenvalue weighted by Crippen LogP contribution is 2.31. The zero-order chi connectivity index (χ0) is 13.2. The quantitative estimate of drug-likeness (QED) is 0.810. The van der Waals surface area contributed by atoms with Crippen LogP contribution in [0.3, 0.4) is 0 Å². The maximum Gasteiger partial charge on any atom is 0.161 e. The fourth-order valence-electron chi connectivity index (χ4n) is 1.88. The molecule has 1 aliphatic heterocycles. The Morgan fingerprint density at radius 1 is 1.33 bits per heavy atom. The highest BCUT2D eigenvalue weighted by molar-refractivity contribution is 8.14. The van der Waals surface area contributed by atoms with Crippen molar-refractivity contribution in [2.45, 2.75) is 33.2 Å². The summed E-state index contributed by atoms with van der Waals surface area (Å²) < 4.78 is 0. The van der Waals surface area contributed by atoms with Crippen LogP contribution in [0.2, 0.25) is 5.02 Å². The second-order valence-corrected chi connectivity index (χ2v) is 7.05. The minimum atomic E-state index is 0.217. The van der Waals surface area contributed by atoms with Gasteiger partial charge in [0.1, 0.15) is 0 Å². The van der Waals surface area contributed by atoms with Crippen LogP contribution in [0.5, 0.6) is 0 Å². The summed E-state index contributed by atoms with van der Waals surface area (Å²) in [6.45, 7) is 6.72. The first-order valence-electron chi connectivity index (χ1n) is 6.19. The predicted molar refractivity (Wildman–Crippen MR) is 82.8 cm³/mol. The first-order valence-corrected chi connectivity index (χ1v) is 7.55. The smallest absolute Gasteiger partial charge is 0.161 e. The maximum atomic E-state index is 6.14. The molecule has 0 aliphatic carbocycles. The zero-order valence-corrected chi connectivity index (χ0v) is 12.6. The molecule has 0 bridgehead atoms. The van der Waals surface area contributed by atoms with Crippen molar-refractivity contribution in [3.63, 3.8) is 0 Å². The molecule has 1 N–H and O–H groups in total. The number of benzene rings is 1. The van der Waals surface area contributed by atoms with Crippen molar-refractivity contribution in [2.75, 3.05) is 11.1 Å². The van der Waals surface area contributed by atoms with Gasteiger partial charge < -0.3 is 5.32 Å². The van der Waals surface area contributed by atoms with Gasteiger partial charge in [-0.25, -0.2) is 0 Å². The summed E-state index contributed by atoms with van der Waals surface area (Å²) in [5.74, 6) is 1.11. The summed E-state index contributed by atoms with van der Waals surface area (Å²) in [6, 6.07) is 8.15. The second kappa shape index (κ2) is 5.54. The van der Waals surface area contributed by atoms with E-state index < -0.39 is 0 Å². The molecule has 1 aromatic rings. The number of hydrogen-bond acceptors (Lipinski definition) is 3. The van der Waals surface area contributed by atoms with Gasteiger partial charge in [-0.05, 0) is 24.0 Å². The minimum absolute atomic E-state index is 0.217. The van der Waals surface area contributed by atoms with Crippen LogP contribution in [0.4, 0.5) is 5.69 Å². The molecule has 18 heavy (non-hydrogen) atoms.